The standard InChI is InChI=1S/C19H22ClNO/c1-21(2)15-9-14-10-18(20)19(22-3)12-17(14)16(11-15)13-7-5-4-6-8-13/h4-8,10,12,15-16H,9,11H2,1-3H3/t15-,16+/m0/s1. The average Bonchev–Trinajstić information content (AvgIpc) is 2.53. The minimum absolute atomic E-state index is 0.392. The molecule has 0 fully saturated rings. The molecule has 0 heterocycles. The molecule has 0 aromatic heterocycles. The van der Waals surface area contributed by atoms with Gasteiger partial charge < -0.3 is 9.64 Å². The molecule has 0 radical (unpaired) electrons. The van der Waals surface area contributed by atoms with Crippen molar-refractivity contribution in [2.24, 2.45) is 0 Å². The Balaban J connectivity index is 2.10. The van der Waals surface area contributed by atoms with Crippen LogP contribution in [0.3, 0.4) is 0 Å². The largest absolute Gasteiger partial charge is 0.495 e. The van der Waals surface area contributed by atoms with Crippen molar-refractivity contribution in [1.29, 1.82) is 0 Å². The zero-order valence-corrected chi connectivity index (χ0v) is 14.1. The Kier molecular flexibility index (Phi) is 4.42. The van der Waals surface area contributed by atoms with Gasteiger partial charge in [-0.05, 0) is 55.8 Å². The van der Waals surface area contributed by atoms with Crippen LogP contribution in [0, 0.1) is 0 Å². The zero-order chi connectivity index (χ0) is 15.7. The number of rotatable bonds is 3. The molecule has 0 spiro atoms. The van der Waals surface area contributed by atoms with Crippen LogP contribution in [0.4, 0.5) is 0 Å². The summed E-state index contributed by atoms with van der Waals surface area (Å²) >= 11 is 6.34. The fraction of sp³-hybridized carbons (Fsp3) is 0.368. The van der Waals surface area contributed by atoms with Crippen molar-refractivity contribution in [2.75, 3.05) is 21.2 Å². The lowest BCUT2D eigenvalue weighted by molar-refractivity contribution is 0.258. The van der Waals surface area contributed by atoms with Crippen LogP contribution in [0.1, 0.15) is 29.0 Å². The van der Waals surface area contributed by atoms with Gasteiger partial charge in [-0.15, -0.1) is 0 Å². The number of hydrogen-bond donors (Lipinski definition) is 0. The van der Waals surface area contributed by atoms with Crippen LogP contribution in [-0.4, -0.2) is 32.1 Å². The van der Waals surface area contributed by atoms with E-state index < -0.39 is 0 Å². The number of ether oxygens (including phenoxy) is 1. The Labute approximate surface area is 137 Å². The first kappa shape index (κ1) is 15.4. The molecular weight excluding hydrogens is 294 g/mol. The highest BCUT2D eigenvalue weighted by molar-refractivity contribution is 6.32. The molecule has 0 saturated heterocycles. The van der Waals surface area contributed by atoms with Crippen LogP contribution < -0.4 is 4.74 Å². The molecule has 0 bridgehead atoms. The first-order valence-electron chi connectivity index (χ1n) is 7.68. The maximum absolute atomic E-state index is 6.34. The predicted octanol–water partition coefficient (Wildman–Crippen LogP) is 4.36. The summed E-state index contributed by atoms with van der Waals surface area (Å²) in [4.78, 5) is 2.32. The van der Waals surface area contributed by atoms with Crippen LogP contribution in [0.25, 0.3) is 0 Å². The van der Waals surface area contributed by atoms with Gasteiger partial charge in [-0.1, -0.05) is 41.9 Å². The summed E-state index contributed by atoms with van der Waals surface area (Å²) in [6, 6.07) is 15.5. The Hall–Kier alpha value is -1.51. The third-order valence-electron chi connectivity index (χ3n) is 4.68. The Morgan fingerprint density at radius 3 is 2.50 bits per heavy atom. The molecule has 22 heavy (non-hydrogen) atoms. The van der Waals surface area contributed by atoms with Gasteiger partial charge in [0, 0.05) is 12.0 Å². The molecule has 0 aliphatic heterocycles. The molecule has 2 nitrogen and oxygen atoms in total. The second-order valence-electron chi connectivity index (χ2n) is 6.21. The van der Waals surface area contributed by atoms with Gasteiger partial charge >= 0.3 is 0 Å². The maximum atomic E-state index is 6.34. The first-order chi connectivity index (χ1) is 10.6. The van der Waals surface area contributed by atoms with Crippen LogP contribution in [0.2, 0.25) is 5.02 Å². The normalized spacial score (nSPS) is 20.8. The second kappa shape index (κ2) is 6.31. The van der Waals surface area contributed by atoms with Gasteiger partial charge in [0.1, 0.15) is 5.75 Å². The Morgan fingerprint density at radius 1 is 1.14 bits per heavy atom. The first-order valence-corrected chi connectivity index (χ1v) is 8.05. The number of benzene rings is 2. The van der Waals surface area contributed by atoms with E-state index in [9.17, 15) is 0 Å². The van der Waals surface area contributed by atoms with Gasteiger partial charge in [0.25, 0.3) is 0 Å². The SMILES string of the molecule is COc1cc2c(cc1Cl)C[C@H](N(C)C)C[C@@H]2c1ccccc1. The highest BCUT2D eigenvalue weighted by atomic mass is 35.5. The van der Waals surface area contributed by atoms with Crippen LogP contribution >= 0.6 is 11.6 Å². The molecule has 3 rings (SSSR count). The molecule has 1 aliphatic rings. The fourth-order valence-corrected chi connectivity index (χ4v) is 3.66. The zero-order valence-electron chi connectivity index (χ0n) is 13.3. The summed E-state index contributed by atoms with van der Waals surface area (Å²) in [5.74, 6) is 1.16. The van der Waals surface area contributed by atoms with E-state index in [1.165, 1.54) is 16.7 Å². The van der Waals surface area contributed by atoms with Crippen molar-refractivity contribution in [1.82, 2.24) is 4.90 Å². The molecule has 1 aliphatic carbocycles. The van der Waals surface area contributed by atoms with Crippen molar-refractivity contribution >= 4 is 11.6 Å². The molecular formula is C19H22ClNO. The minimum atomic E-state index is 0.392. The molecule has 3 heteroatoms. The van der Waals surface area contributed by atoms with E-state index >= 15 is 0 Å². The third kappa shape index (κ3) is 2.86. The fourth-order valence-electron chi connectivity index (χ4n) is 3.40. The van der Waals surface area contributed by atoms with Crippen molar-refractivity contribution in [2.45, 2.75) is 24.8 Å². The summed E-state index contributed by atoms with van der Waals surface area (Å²) < 4.78 is 5.43. The van der Waals surface area contributed by atoms with E-state index in [4.69, 9.17) is 16.3 Å². The number of hydrogen-bond acceptors (Lipinski definition) is 2. The van der Waals surface area contributed by atoms with Crippen molar-refractivity contribution < 1.29 is 4.74 Å². The van der Waals surface area contributed by atoms with Gasteiger partial charge in [0.2, 0.25) is 0 Å². The van der Waals surface area contributed by atoms with Crippen molar-refractivity contribution in [3.63, 3.8) is 0 Å². The van der Waals surface area contributed by atoms with Crippen LogP contribution in [0.5, 0.6) is 5.75 Å². The average molecular weight is 316 g/mol. The number of methoxy groups -OCH3 is 1. The highest BCUT2D eigenvalue weighted by Gasteiger charge is 2.30. The Bertz CT molecular complexity index is 654. The second-order valence-corrected chi connectivity index (χ2v) is 6.61. The highest BCUT2D eigenvalue weighted by Crippen LogP contribution is 2.41. The van der Waals surface area contributed by atoms with Gasteiger partial charge in [-0.2, -0.15) is 0 Å². The van der Waals surface area contributed by atoms with Gasteiger partial charge in [0.05, 0.1) is 12.1 Å². The molecule has 0 amide bonds. The quantitative estimate of drug-likeness (QED) is 0.834. The smallest absolute Gasteiger partial charge is 0.137 e. The lowest BCUT2D eigenvalue weighted by atomic mass is 9.76. The van der Waals surface area contributed by atoms with E-state index in [-0.39, 0.29) is 0 Å². The summed E-state index contributed by atoms with van der Waals surface area (Å²) in [7, 11) is 5.99. The summed E-state index contributed by atoms with van der Waals surface area (Å²) in [5.41, 5.74) is 4.05. The molecule has 0 N–H and O–H groups in total. The van der Waals surface area contributed by atoms with Gasteiger partial charge in [-0.3, -0.25) is 0 Å². The number of fused-ring (bicyclic) bond motifs is 1. The molecule has 2 atom stereocenters. The van der Waals surface area contributed by atoms with E-state index in [0.29, 0.717) is 17.0 Å². The van der Waals surface area contributed by atoms with Crippen molar-refractivity contribution in [3.05, 3.63) is 64.2 Å². The Morgan fingerprint density at radius 2 is 1.86 bits per heavy atom. The summed E-state index contributed by atoms with van der Waals surface area (Å²) in [5, 5.41) is 0.701. The van der Waals surface area contributed by atoms with E-state index in [0.717, 1.165) is 18.6 Å². The van der Waals surface area contributed by atoms with Gasteiger partial charge in [0.15, 0.2) is 0 Å². The molecule has 0 unspecified atom stereocenters. The number of halogens is 1. The number of likely N-dealkylation sites (N-methyl/N-ethyl adjacent to an activating group) is 1. The molecule has 2 aromatic rings. The van der Waals surface area contributed by atoms with Gasteiger partial charge in [-0.25, -0.2) is 0 Å². The summed E-state index contributed by atoms with van der Waals surface area (Å²) in [6.45, 7) is 0. The maximum Gasteiger partial charge on any atom is 0.137 e. The summed E-state index contributed by atoms with van der Waals surface area (Å²) in [6.07, 6.45) is 2.16. The topological polar surface area (TPSA) is 12.5 Å². The van der Waals surface area contributed by atoms with Crippen molar-refractivity contribution in [3.8, 4) is 5.75 Å². The molecule has 0 saturated carbocycles. The lowest BCUT2D eigenvalue weighted by Crippen LogP contribution is -2.35. The van der Waals surface area contributed by atoms with Crippen LogP contribution in [-0.2, 0) is 6.42 Å². The monoisotopic (exact) mass is 315 g/mol. The lowest BCUT2D eigenvalue weighted by Gasteiger charge is -2.36. The van der Waals surface area contributed by atoms with E-state index in [1.54, 1.807) is 7.11 Å². The van der Waals surface area contributed by atoms with Crippen LogP contribution in [0.15, 0.2) is 42.5 Å². The molecule has 2 aromatic carbocycles. The number of nitrogens with zero attached hydrogens (tertiary/aromatic N) is 1. The predicted molar refractivity (Wildman–Crippen MR) is 92.1 cm³/mol. The third-order valence-corrected chi connectivity index (χ3v) is 4.98. The minimum Gasteiger partial charge on any atom is -0.495 e. The van der Waals surface area contributed by atoms with E-state index in [1.807, 2.05) is 0 Å². The van der Waals surface area contributed by atoms with E-state index in [2.05, 4.69) is 61.5 Å². The molecule has 116 valence electrons.